The Labute approximate surface area is 122 Å². The van der Waals surface area contributed by atoms with Gasteiger partial charge in [-0.1, -0.05) is 22.4 Å². The fourth-order valence-corrected chi connectivity index (χ4v) is 4.96. The van der Waals surface area contributed by atoms with Gasteiger partial charge in [0.2, 0.25) is 0 Å². The summed E-state index contributed by atoms with van der Waals surface area (Å²) >= 11 is 3.39. The van der Waals surface area contributed by atoms with Crippen molar-refractivity contribution in [2.24, 2.45) is 5.73 Å². The van der Waals surface area contributed by atoms with E-state index in [0.717, 1.165) is 22.9 Å². The van der Waals surface area contributed by atoms with E-state index in [1.807, 2.05) is 12.1 Å². The number of sulfone groups is 1. The van der Waals surface area contributed by atoms with Gasteiger partial charge >= 0.3 is 0 Å². The van der Waals surface area contributed by atoms with Crippen LogP contribution >= 0.6 is 15.9 Å². The lowest BCUT2D eigenvalue weighted by Crippen LogP contribution is -2.38. The van der Waals surface area contributed by atoms with Crippen molar-refractivity contribution in [2.45, 2.75) is 30.6 Å². The minimum absolute atomic E-state index is 0.238. The number of rotatable bonds is 3. The van der Waals surface area contributed by atoms with Crippen molar-refractivity contribution in [2.75, 3.05) is 12.9 Å². The maximum absolute atomic E-state index is 12.1. The first kappa shape index (κ1) is 14.8. The van der Waals surface area contributed by atoms with E-state index in [0.29, 0.717) is 12.2 Å². The fraction of sp³-hybridized carbons (Fsp3) is 0.538. The molecule has 2 atom stereocenters. The number of hydrogen-bond donors (Lipinski definition) is 1. The highest BCUT2D eigenvalue weighted by atomic mass is 79.9. The molecule has 0 radical (unpaired) electrons. The van der Waals surface area contributed by atoms with Crippen molar-refractivity contribution in [3.8, 4) is 5.75 Å². The molecule has 2 rings (SSSR count). The van der Waals surface area contributed by atoms with E-state index in [-0.39, 0.29) is 5.75 Å². The molecule has 106 valence electrons. The molecule has 4 nitrogen and oxygen atoms in total. The van der Waals surface area contributed by atoms with Gasteiger partial charge in [-0.3, -0.25) is 0 Å². The first-order chi connectivity index (χ1) is 8.95. The van der Waals surface area contributed by atoms with E-state index in [9.17, 15) is 8.42 Å². The van der Waals surface area contributed by atoms with Gasteiger partial charge in [-0.05, 0) is 31.0 Å². The zero-order chi connectivity index (χ0) is 14.0. The summed E-state index contributed by atoms with van der Waals surface area (Å²) < 4.78 is 30.4. The number of halogens is 1. The van der Waals surface area contributed by atoms with Gasteiger partial charge in [0.15, 0.2) is 9.84 Å². The average Bonchev–Trinajstić information content (AvgIpc) is 2.37. The number of ether oxygens (including phenoxy) is 1. The summed E-state index contributed by atoms with van der Waals surface area (Å²) in [6.07, 6.45) is 2.27. The Morgan fingerprint density at radius 3 is 2.79 bits per heavy atom. The van der Waals surface area contributed by atoms with Gasteiger partial charge in [0.25, 0.3) is 0 Å². The van der Waals surface area contributed by atoms with Crippen LogP contribution in [-0.4, -0.2) is 26.5 Å². The van der Waals surface area contributed by atoms with Gasteiger partial charge in [-0.15, -0.1) is 0 Å². The van der Waals surface area contributed by atoms with Crippen LogP contribution in [0.5, 0.6) is 5.75 Å². The van der Waals surface area contributed by atoms with Gasteiger partial charge in [-0.2, -0.15) is 0 Å². The van der Waals surface area contributed by atoms with E-state index in [4.69, 9.17) is 10.5 Å². The third-order valence-corrected chi connectivity index (χ3v) is 6.38. The molecule has 0 bridgehead atoms. The quantitative estimate of drug-likeness (QED) is 0.911. The molecule has 0 amide bonds. The number of nitrogens with two attached hydrogens (primary N) is 1. The maximum Gasteiger partial charge on any atom is 0.155 e. The maximum atomic E-state index is 12.1. The lowest BCUT2D eigenvalue weighted by Gasteiger charge is -2.28. The standard InChI is InChI=1S/C13H18BrNO3S/c1-18-11-6-5-9(14)8-10(11)13(15)12-4-2-3-7-19(12,16)17/h5-6,8,12-13H,2-4,7,15H2,1H3. The molecule has 0 aliphatic carbocycles. The monoisotopic (exact) mass is 347 g/mol. The smallest absolute Gasteiger partial charge is 0.155 e. The number of methoxy groups -OCH3 is 1. The van der Waals surface area contributed by atoms with Gasteiger partial charge in [0, 0.05) is 10.0 Å². The van der Waals surface area contributed by atoms with E-state index in [2.05, 4.69) is 15.9 Å². The highest BCUT2D eigenvalue weighted by Crippen LogP contribution is 2.34. The molecule has 0 spiro atoms. The van der Waals surface area contributed by atoms with Crippen LogP contribution in [0.15, 0.2) is 22.7 Å². The Kier molecular flexibility index (Phi) is 4.53. The van der Waals surface area contributed by atoms with Crippen LogP contribution in [0.4, 0.5) is 0 Å². The molecule has 2 N–H and O–H groups in total. The van der Waals surface area contributed by atoms with Crippen molar-refractivity contribution < 1.29 is 13.2 Å². The average molecular weight is 348 g/mol. The normalized spacial score (nSPS) is 23.8. The Bertz CT molecular complexity index is 559. The van der Waals surface area contributed by atoms with Gasteiger partial charge in [-0.25, -0.2) is 8.42 Å². The van der Waals surface area contributed by atoms with Crippen molar-refractivity contribution >= 4 is 25.8 Å². The van der Waals surface area contributed by atoms with Gasteiger partial charge in [0.05, 0.1) is 24.2 Å². The Morgan fingerprint density at radius 2 is 2.16 bits per heavy atom. The predicted octanol–water partition coefficient (Wildman–Crippen LogP) is 2.42. The minimum Gasteiger partial charge on any atom is -0.496 e. The number of hydrogen-bond acceptors (Lipinski definition) is 4. The van der Waals surface area contributed by atoms with Crippen molar-refractivity contribution in [3.05, 3.63) is 28.2 Å². The second kappa shape index (κ2) is 5.81. The van der Waals surface area contributed by atoms with Crippen molar-refractivity contribution in [3.63, 3.8) is 0 Å². The molecule has 0 aromatic heterocycles. The molecular weight excluding hydrogens is 330 g/mol. The second-order valence-electron chi connectivity index (χ2n) is 4.81. The van der Waals surface area contributed by atoms with Crippen molar-refractivity contribution in [1.82, 2.24) is 0 Å². The minimum atomic E-state index is -3.10. The van der Waals surface area contributed by atoms with E-state index in [1.54, 1.807) is 13.2 Å². The van der Waals surface area contributed by atoms with Gasteiger partial charge < -0.3 is 10.5 Å². The molecule has 1 aromatic carbocycles. The molecule has 2 unspecified atom stereocenters. The molecule has 1 fully saturated rings. The molecule has 1 heterocycles. The summed E-state index contributed by atoms with van der Waals surface area (Å²) in [6.45, 7) is 0. The molecule has 0 saturated carbocycles. The Morgan fingerprint density at radius 1 is 1.42 bits per heavy atom. The first-order valence-corrected chi connectivity index (χ1v) is 8.77. The summed E-state index contributed by atoms with van der Waals surface area (Å²) in [5, 5.41) is -0.510. The third-order valence-electron chi connectivity index (χ3n) is 3.58. The summed E-state index contributed by atoms with van der Waals surface area (Å²) in [5.74, 6) is 0.873. The highest BCUT2D eigenvalue weighted by molar-refractivity contribution is 9.10. The summed E-state index contributed by atoms with van der Waals surface area (Å²) in [4.78, 5) is 0. The third kappa shape index (κ3) is 3.12. The predicted molar refractivity (Wildman–Crippen MR) is 79.0 cm³/mol. The molecule has 6 heteroatoms. The number of benzene rings is 1. The van der Waals surface area contributed by atoms with E-state index in [1.165, 1.54) is 0 Å². The van der Waals surface area contributed by atoms with Crippen LogP contribution in [0.1, 0.15) is 30.9 Å². The Hall–Kier alpha value is -0.590. The van der Waals surface area contributed by atoms with Crippen LogP contribution in [0.3, 0.4) is 0 Å². The zero-order valence-corrected chi connectivity index (χ0v) is 13.2. The summed E-state index contributed by atoms with van der Waals surface area (Å²) in [6, 6.07) is 4.95. The first-order valence-electron chi connectivity index (χ1n) is 6.26. The van der Waals surface area contributed by atoms with Crippen molar-refractivity contribution in [1.29, 1.82) is 0 Å². The van der Waals surface area contributed by atoms with Crippen LogP contribution in [0, 0.1) is 0 Å². The Balaban J connectivity index is 2.38. The van der Waals surface area contributed by atoms with Crippen LogP contribution in [0.25, 0.3) is 0 Å². The second-order valence-corrected chi connectivity index (χ2v) is 8.07. The zero-order valence-electron chi connectivity index (χ0n) is 10.8. The van der Waals surface area contributed by atoms with E-state index < -0.39 is 21.1 Å². The lowest BCUT2D eigenvalue weighted by molar-refractivity contribution is 0.402. The molecule has 1 aliphatic heterocycles. The summed E-state index contributed by atoms with van der Waals surface area (Å²) in [7, 11) is -1.54. The fourth-order valence-electron chi connectivity index (χ4n) is 2.55. The SMILES string of the molecule is COc1ccc(Br)cc1C(N)C1CCCCS1(=O)=O. The lowest BCUT2D eigenvalue weighted by atomic mass is 9.99. The van der Waals surface area contributed by atoms with E-state index >= 15 is 0 Å². The van der Waals surface area contributed by atoms with Gasteiger partial charge in [0.1, 0.15) is 5.75 Å². The van der Waals surface area contributed by atoms with Crippen LogP contribution < -0.4 is 10.5 Å². The molecular formula is C13H18BrNO3S. The highest BCUT2D eigenvalue weighted by Gasteiger charge is 2.35. The van der Waals surface area contributed by atoms with Crippen LogP contribution in [-0.2, 0) is 9.84 Å². The van der Waals surface area contributed by atoms with Crippen LogP contribution in [0.2, 0.25) is 0 Å². The molecule has 1 aromatic rings. The molecule has 19 heavy (non-hydrogen) atoms. The summed E-state index contributed by atoms with van der Waals surface area (Å²) in [5.41, 5.74) is 6.95. The largest absolute Gasteiger partial charge is 0.496 e. The molecule has 1 aliphatic rings. The topological polar surface area (TPSA) is 69.4 Å². The molecule has 1 saturated heterocycles.